The van der Waals surface area contributed by atoms with Gasteiger partial charge in [-0.3, -0.25) is 4.79 Å². The van der Waals surface area contributed by atoms with E-state index in [1.807, 2.05) is 18.0 Å². The molecule has 0 amide bonds. The minimum absolute atomic E-state index is 0.0843. The van der Waals surface area contributed by atoms with E-state index in [0.717, 1.165) is 24.8 Å². The number of aromatic hydroxyl groups is 1. The fourth-order valence-corrected chi connectivity index (χ4v) is 8.36. The highest BCUT2D eigenvalue weighted by Crippen LogP contribution is 2.61. The van der Waals surface area contributed by atoms with Gasteiger partial charge in [0.2, 0.25) is 0 Å². The number of phenols is 1. The van der Waals surface area contributed by atoms with E-state index >= 15 is 4.39 Å². The van der Waals surface area contributed by atoms with E-state index < -0.39 is 37.0 Å². The van der Waals surface area contributed by atoms with E-state index in [0.29, 0.717) is 63.8 Å². The Labute approximate surface area is 254 Å². The van der Waals surface area contributed by atoms with Crippen molar-refractivity contribution in [3.63, 3.8) is 0 Å². The van der Waals surface area contributed by atoms with Gasteiger partial charge in [0.15, 0.2) is 0 Å². The third-order valence-electron chi connectivity index (χ3n) is 10.8. The first-order valence-corrected chi connectivity index (χ1v) is 16.0. The van der Waals surface area contributed by atoms with E-state index in [2.05, 4.69) is 6.92 Å². The van der Waals surface area contributed by atoms with Gasteiger partial charge in [0.05, 0.1) is 0 Å². The monoisotopic (exact) mass is 639 g/mol. The third-order valence-corrected chi connectivity index (χ3v) is 10.8. The minimum atomic E-state index is -6.29. The Morgan fingerprint density at radius 2 is 1.68 bits per heavy atom. The molecule has 2 fully saturated rings. The van der Waals surface area contributed by atoms with Crippen molar-refractivity contribution < 1.29 is 45.0 Å². The second-order valence-corrected chi connectivity index (χ2v) is 13.8. The quantitative estimate of drug-likeness (QED) is 0.163. The summed E-state index contributed by atoms with van der Waals surface area (Å²) in [7, 11) is 1.85. The van der Waals surface area contributed by atoms with Crippen molar-refractivity contribution in [3.05, 3.63) is 29.3 Å². The largest absolute Gasteiger partial charge is 0.508 e. The van der Waals surface area contributed by atoms with Gasteiger partial charge in [-0.05, 0) is 125 Å². The molecule has 1 aromatic carbocycles. The van der Waals surface area contributed by atoms with Gasteiger partial charge in [-0.1, -0.05) is 25.8 Å². The molecule has 3 aliphatic carbocycles. The molecule has 3 aliphatic rings. The molecular weight excluding hydrogens is 594 g/mol. The van der Waals surface area contributed by atoms with Gasteiger partial charge in [-0.2, -0.15) is 30.7 Å². The van der Waals surface area contributed by atoms with E-state index in [1.54, 1.807) is 12.1 Å². The summed E-state index contributed by atoms with van der Waals surface area (Å²) in [5, 5.41) is 10.1. The van der Waals surface area contributed by atoms with Crippen molar-refractivity contribution in [2.45, 2.75) is 121 Å². The van der Waals surface area contributed by atoms with Crippen LogP contribution in [0.3, 0.4) is 0 Å². The number of rotatable bonds is 14. The van der Waals surface area contributed by atoms with Gasteiger partial charge >= 0.3 is 18.0 Å². The summed E-state index contributed by atoms with van der Waals surface area (Å²) in [6.45, 7) is 3.28. The fourth-order valence-electron chi connectivity index (χ4n) is 8.36. The number of carbonyl (C=O) groups is 1. The highest BCUT2D eigenvalue weighted by Gasteiger charge is 2.72. The molecule has 4 rings (SSSR count). The Morgan fingerprint density at radius 3 is 2.39 bits per heavy atom. The van der Waals surface area contributed by atoms with Gasteiger partial charge in [-0.15, -0.1) is 0 Å². The lowest BCUT2D eigenvalue weighted by molar-refractivity contribution is -0.355. The van der Waals surface area contributed by atoms with E-state index in [4.69, 9.17) is 0 Å². The molecule has 1 N–H and O–H groups in total. The van der Waals surface area contributed by atoms with Crippen LogP contribution in [0.5, 0.6) is 5.75 Å². The first-order chi connectivity index (χ1) is 20.5. The lowest BCUT2D eigenvalue weighted by Gasteiger charge is -2.52. The second-order valence-electron chi connectivity index (χ2n) is 13.8. The topological polar surface area (TPSA) is 40.5 Å². The highest BCUT2D eigenvalue weighted by atomic mass is 19.4. The number of benzene rings is 1. The summed E-state index contributed by atoms with van der Waals surface area (Å²) in [6, 6.07) is 5.52. The average molecular weight is 640 g/mol. The van der Waals surface area contributed by atoms with Crippen LogP contribution in [-0.2, 0) is 11.2 Å². The number of carbonyl (C=O) groups excluding carboxylic acids is 1. The van der Waals surface area contributed by atoms with Crippen LogP contribution in [0.1, 0.15) is 101 Å². The van der Waals surface area contributed by atoms with E-state index in [1.165, 1.54) is 5.56 Å². The van der Waals surface area contributed by atoms with Crippen molar-refractivity contribution in [1.82, 2.24) is 4.90 Å². The summed E-state index contributed by atoms with van der Waals surface area (Å²) < 4.78 is 105. The Bertz CT molecular complexity index is 1140. The van der Waals surface area contributed by atoms with Gasteiger partial charge in [0.25, 0.3) is 0 Å². The van der Waals surface area contributed by atoms with Crippen molar-refractivity contribution in [1.29, 1.82) is 0 Å². The van der Waals surface area contributed by atoms with Crippen LogP contribution >= 0.6 is 0 Å². The molecule has 0 saturated heterocycles. The molecule has 1 unspecified atom stereocenters. The van der Waals surface area contributed by atoms with Crippen LogP contribution in [0.25, 0.3) is 0 Å². The van der Waals surface area contributed by atoms with Crippen LogP contribution in [0.15, 0.2) is 18.2 Å². The molecule has 0 bridgehead atoms. The number of unbranched alkanes of at least 4 members (excludes halogenated alkanes) is 3. The molecule has 3 nitrogen and oxygen atoms in total. The number of nitrogens with zero attached hydrogens (tertiary/aromatic N) is 1. The van der Waals surface area contributed by atoms with Crippen LogP contribution in [0.2, 0.25) is 0 Å². The molecule has 0 aliphatic heterocycles. The highest BCUT2D eigenvalue weighted by molar-refractivity contribution is 5.87. The van der Waals surface area contributed by atoms with Gasteiger partial charge in [0, 0.05) is 18.3 Å². The zero-order valence-electron chi connectivity index (χ0n) is 25.6. The van der Waals surface area contributed by atoms with Gasteiger partial charge < -0.3 is 10.0 Å². The first kappa shape index (κ1) is 35.0. The zero-order chi connectivity index (χ0) is 32.5. The predicted octanol–water partition coefficient (Wildman–Crippen LogP) is 9.27. The normalized spacial score (nSPS) is 28.1. The lowest BCUT2D eigenvalue weighted by Crippen LogP contribution is -2.51. The van der Waals surface area contributed by atoms with Crippen molar-refractivity contribution in [3.8, 4) is 5.75 Å². The van der Waals surface area contributed by atoms with Crippen LogP contribution in [-0.4, -0.2) is 60.1 Å². The summed E-state index contributed by atoms with van der Waals surface area (Å²) in [6.07, 6.45) is -2.96. The Balaban J connectivity index is 1.21. The maximum Gasteiger partial charge on any atom is 0.459 e. The maximum atomic E-state index is 15.5. The number of alkyl halides is 8. The van der Waals surface area contributed by atoms with E-state index in [9.17, 15) is 40.6 Å². The van der Waals surface area contributed by atoms with Crippen LogP contribution < -0.4 is 0 Å². The molecule has 0 heterocycles. The summed E-state index contributed by atoms with van der Waals surface area (Å²) in [4.78, 5) is 14.8. The Hall–Kier alpha value is -1.91. The second kappa shape index (κ2) is 13.4. The lowest BCUT2D eigenvalue weighted by atomic mass is 9.52. The van der Waals surface area contributed by atoms with Gasteiger partial charge in [0.1, 0.15) is 17.7 Å². The standard InChI is InChI=1S/C33H45F8NO2/c1-30-15-13-26-25-10-9-24(43)20-21(25)18-22(29(26)27(30)11-12-28(30)44)19-23(34)8-7-17-42(2)16-6-4-3-5-14-31(35,36)32(37,38)33(39,40)41/h9-10,20,22-23,26-27,29,43H,3-8,11-19H2,1-2H3/t22-,23?,26+,27-,29+,30-/m0/s1. The molecule has 0 spiro atoms. The Kier molecular flexibility index (Phi) is 10.7. The summed E-state index contributed by atoms with van der Waals surface area (Å²) >= 11 is 0. The number of hydrogen-bond acceptors (Lipinski definition) is 3. The fraction of sp³-hybridized carbons (Fsp3) is 0.788. The zero-order valence-corrected chi connectivity index (χ0v) is 25.6. The number of ketones is 1. The molecule has 1 aromatic rings. The van der Waals surface area contributed by atoms with Crippen molar-refractivity contribution >= 4 is 5.78 Å². The smallest absolute Gasteiger partial charge is 0.459 e. The molecule has 11 heteroatoms. The molecule has 2 saturated carbocycles. The van der Waals surface area contributed by atoms with Crippen molar-refractivity contribution in [2.24, 2.45) is 23.2 Å². The Morgan fingerprint density at radius 1 is 1.00 bits per heavy atom. The van der Waals surface area contributed by atoms with Crippen molar-refractivity contribution in [2.75, 3.05) is 20.1 Å². The number of halogens is 8. The summed E-state index contributed by atoms with van der Waals surface area (Å²) in [5.74, 6) is -9.83. The molecule has 0 aromatic heterocycles. The van der Waals surface area contributed by atoms with Crippen LogP contribution in [0, 0.1) is 23.2 Å². The molecule has 44 heavy (non-hydrogen) atoms. The number of Topliss-reactive ketones (excluding diaryl/α,β-unsaturated/α-hetero) is 1. The third kappa shape index (κ3) is 7.22. The summed E-state index contributed by atoms with van der Waals surface area (Å²) in [5.41, 5.74) is 1.97. The SMILES string of the molecule is CN(CCCCCCC(F)(F)C(F)(F)C(F)(F)F)CCCC(F)C[C@@H]1Cc2cc(O)ccc2[C@H]2CC[C@]3(C)C(=O)CC[C@H]3[C@H]12. The van der Waals surface area contributed by atoms with E-state index in [-0.39, 0.29) is 41.3 Å². The predicted molar refractivity (Wildman–Crippen MR) is 152 cm³/mol. The molecule has 6 atom stereocenters. The number of phenolic OH excluding ortho intramolecular Hbond substituents is 1. The molecular formula is C33H45F8NO2. The average Bonchev–Trinajstić information content (AvgIpc) is 3.23. The molecule has 0 radical (unpaired) electrons. The molecule has 250 valence electrons. The first-order valence-electron chi connectivity index (χ1n) is 16.0. The maximum absolute atomic E-state index is 15.5. The van der Waals surface area contributed by atoms with Gasteiger partial charge in [-0.25, -0.2) is 4.39 Å². The number of hydrogen-bond donors (Lipinski definition) is 1. The van der Waals surface area contributed by atoms with Crippen LogP contribution in [0.4, 0.5) is 35.1 Å². The number of fused-ring (bicyclic) bond motifs is 5. The minimum Gasteiger partial charge on any atom is -0.508 e.